The second-order valence-electron chi connectivity index (χ2n) is 9.25. The molecule has 9 nitrogen and oxygen atoms in total. The van der Waals surface area contributed by atoms with Gasteiger partial charge in [-0.3, -0.25) is 14.4 Å². The Balaban J connectivity index is 1.07. The van der Waals surface area contributed by atoms with Crippen LogP contribution in [-0.2, 0) is 10.0 Å². The van der Waals surface area contributed by atoms with Gasteiger partial charge in [0.25, 0.3) is 15.9 Å². The Kier molecular flexibility index (Phi) is 8.48. The second kappa shape index (κ2) is 12.2. The van der Waals surface area contributed by atoms with E-state index in [0.29, 0.717) is 24.4 Å². The number of amides is 1. The van der Waals surface area contributed by atoms with E-state index in [1.54, 1.807) is 23.5 Å². The summed E-state index contributed by atoms with van der Waals surface area (Å²) in [4.78, 5) is 22.0. The van der Waals surface area contributed by atoms with E-state index in [1.807, 2.05) is 19.1 Å². The van der Waals surface area contributed by atoms with E-state index in [2.05, 4.69) is 25.9 Å². The van der Waals surface area contributed by atoms with Gasteiger partial charge in [0.05, 0.1) is 16.2 Å². The summed E-state index contributed by atoms with van der Waals surface area (Å²) in [6.07, 6.45) is 0. The Morgan fingerprint density at radius 3 is 2.45 bits per heavy atom. The fourth-order valence-electron chi connectivity index (χ4n) is 4.43. The summed E-state index contributed by atoms with van der Waals surface area (Å²) in [7, 11) is -3.86. The number of rotatable bonds is 10. The van der Waals surface area contributed by atoms with Crippen molar-refractivity contribution >= 4 is 48.3 Å². The van der Waals surface area contributed by atoms with Gasteiger partial charge in [-0.25, -0.2) is 17.8 Å². The highest BCUT2D eigenvalue weighted by Crippen LogP contribution is 2.34. The number of carbonyl (C=O) groups is 1. The molecule has 12 heteroatoms. The summed E-state index contributed by atoms with van der Waals surface area (Å²) < 4.78 is 47.3. The number of aromatic nitrogens is 1. The van der Waals surface area contributed by atoms with Crippen molar-refractivity contribution in [3.05, 3.63) is 78.1 Å². The van der Waals surface area contributed by atoms with Crippen molar-refractivity contribution in [1.82, 2.24) is 15.2 Å². The van der Waals surface area contributed by atoms with Crippen LogP contribution in [0.4, 0.5) is 15.2 Å². The van der Waals surface area contributed by atoms with Gasteiger partial charge in [-0.2, -0.15) is 0 Å². The van der Waals surface area contributed by atoms with Crippen molar-refractivity contribution in [2.75, 3.05) is 55.5 Å². The van der Waals surface area contributed by atoms with Gasteiger partial charge >= 0.3 is 0 Å². The number of ether oxygens (including phenoxy) is 1. The molecule has 0 bridgehead atoms. The zero-order chi connectivity index (χ0) is 28.1. The first-order valence-electron chi connectivity index (χ1n) is 13.0. The zero-order valence-corrected chi connectivity index (χ0v) is 23.6. The number of halogens is 1. The molecule has 1 fully saturated rings. The van der Waals surface area contributed by atoms with Crippen LogP contribution in [0.1, 0.15) is 17.3 Å². The minimum absolute atomic E-state index is 0.0488. The number of hydrogen-bond acceptors (Lipinski definition) is 8. The van der Waals surface area contributed by atoms with Crippen molar-refractivity contribution < 1.29 is 22.3 Å². The van der Waals surface area contributed by atoms with Gasteiger partial charge in [0.15, 0.2) is 5.13 Å². The third-order valence-electron chi connectivity index (χ3n) is 6.55. The van der Waals surface area contributed by atoms with Gasteiger partial charge in [-0.15, -0.1) is 0 Å². The monoisotopic (exact) mass is 583 g/mol. The number of piperazine rings is 1. The maximum Gasteiger partial charge on any atom is 0.261 e. The van der Waals surface area contributed by atoms with Crippen LogP contribution in [0.2, 0.25) is 0 Å². The summed E-state index contributed by atoms with van der Waals surface area (Å²) in [6, 6.07) is 16.7. The Morgan fingerprint density at radius 1 is 1.02 bits per heavy atom. The van der Waals surface area contributed by atoms with E-state index in [4.69, 9.17) is 9.72 Å². The average molecular weight is 584 g/mol. The number of carbonyl (C=O) groups excluding carboxylic acids is 1. The predicted molar refractivity (Wildman–Crippen MR) is 155 cm³/mol. The number of para-hydroxylation sites is 1. The van der Waals surface area contributed by atoms with Crippen molar-refractivity contribution in [1.29, 1.82) is 0 Å². The van der Waals surface area contributed by atoms with Gasteiger partial charge in [0.1, 0.15) is 17.1 Å². The van der Waals surface area contributed by atoms with Crippen LogP contribution < -0.4 is 19.7 Å². The van der Waals surface area contributed by atoms with Crippen LogP contribution in [-0.4, -0.2) is 70.1 Å². The summed E-state index contributed by atoms with van der Waals surface area (Å²) in [5, 5.41) is 3.93. The molecule has 0 saturated carbocycles. The largest absolute Gasteiger partial charge is 0.492 e. The van der Waals surface area contributed by atoms with Crippen LogP contribution in [0.5, 0.6) is 5.75 Å². The van der Waals surface area contributed by atoms with Crippen molar-refractivity contribution in [3.63, 3.8) is 0 Å². The molecule has 2 N–H and O–H groups in total. The molecule has 210 valence electrons. The zero-order valence-electron chi connectivity index (χ0n) is 22.0. The molecule has 40 heavy (non-hydrogen) atoms. The van der Waals surface area contributed by atoms with Gasteiger partial charge in [0, 0.05) is 50.5 Å². The van der Waals surface area contributed by atoms with Crippen molar-refractivity contribution in [3.8, 4) is 5.75 Å². The minimum atomic E-state index is -3.86. The molecule has 1 aliphatic heterocycles. The molecule has 0 radical (unpaired) electrons. The standard InChI is InChI=1S/C28H30FN5O4S2/c1-2-38-24-4-3-5-25-26(24)31-28(39-25)34-18-16-33(17-19-34)15-14-30-27(35)20-6-10-22(11-7-20)32-40(36,37)23-12-8-21(29)9-13-23/h3-13,32H,2,14-19H2,1H3,(H,30,35). The van der Waals surface area contributed by atoms with Crippen LogP contribution in [0.15, 0.2) is 71.6 Å². The summed E-state index contributed by atoms with van der Waals surface area (Å²) in [5.41, 5.74) is 1.64. The lowest BCUT2D eigenvalue weighted by molar-refractivity contribution is 0.0948. The Bertz CT molecular complexity index is 1570. The number of thiazole rings is 1. The Hall–Kier alpha value is -3.74. The average Bonchev–Trinajstić information content (AvgIpc) is 3.39. The SMILES string of the molecule is CCOc1cccc2sc(N3CCN(CCNC(=O)c4ccc(NS(=O)(=O)c5ccc(F)cc5)cc4)CC3)nc12. The summed E-state index contributed by atoms with van der Waals surface area (Å²) in [6.45, 7) is 7.24. The first-order chi connectivity index (χ1) is 19.3. The molecule has 0 unspecified atom stereocenters. The van der Waals surface area contributed by atoms with Crippen LogP contribution in [0.3, 0.4) is 0 Å². The van der Waals surface area contributed by atoms with Crippen molar-refractivity contribution in [2.45, 2.75) is 11.8 Å². The number of anilines is 2. The Labute approximate surface area is 236 Å². The molecule has 5 rings (SSSR count). The number of nitrogens with zero attached hydrogens (tertiary/aromatic N) is 3. The highest BCUT2D eigenvalue weighted by atomic mass is 32.2. The highest BCUT2D eigenvalue weighted by molar-refractivity contribution is 7.92. The van der Waals surface area contributed by atoms with E-state index in [0.717, 1.165) is 66.0 Å². The van der Waals surface area contributed by atoms with Gasteiger partial charge in [-0.1, -0.05) is 17.4 Å². The first-order valence-corrected chi connectivity index (χ1v) is 15.3. The molecule has 0 atom stereocenters. The molecular weight excluding hydrogens is 553 g/mol. The molecule has 0 spiro atoms. The van der Waals surface area contributed by atoms with Crippen LogP contribution in [0.25, 0.3) is 10.2 Å². The minimum Gasteiger partial charge on any atom is -0.492 e. The van der Waals surface area contributed by atoms with E-state index in [9.17, 15) is 17.6 Å². The molecule has 1 aromatic heterocycles. The number of hydrogen-bond donors (Lipinski definition) is 2. The maximum absolute atomic E-state index is 13.1. The topological polar surface area (TPSA) is 104 Å². The van der Waals surface area contributed by atoms with Gasteiger partial charge in [-0.05, 0) is 67.6 Å². The molecule has 4 aromatic rings. The summed E-state index contributed by atoms with van der Waals surface area (Å²) >= 11 is 1.68. The molecule has 1 aliphatic rings. The molecule has 2 heterocycles. The second-order valence-corrected chi connectivity index (χ2v) is 11.9. The van der Waals surface area contributed by atoms with Gasteiger partial charge in [0.2, 0.25) is 0 Å². The molecule has 0 aliphatic carbocycles. The smallest absolute Gasteiger partial charge is 0.261 e. The highest BCUT2D eigenvalue weighted by Gasteiger charge is 2.21. The van der Waals surface area contributed by atoms with Crippen molar-refractivity contribution in [2.24, 2.45) is 0 Å². The fraction of sp³-hybridized carbons (Fsp3) is 0.286. The van der Waals surface area contributed by atoms with E-state index in [1.165, 1.54) is 24.3 Å². The van der Waals surface area contributed by atoms with E-state index in [-0.39, 0.29) is 10.8 Å². The molecule has 1 saturated heterocycles. The normalized spacial score (nSPS) is 14.3. The van der Waals surface area contributed by atoms with Crippen LogP contribution >= 0.6 is 11.3 Å². The van der Waals surface area contributed by atoms with E-state index < -0.39 is 15.8 Å². The summed E-state index contributed by atoms with van der Waals surface area (Å²) in [5.74, 6) is 0.0711. The third-order valence-corrected chi connectivity index (χ3v) is 9.03. The fourth-order valence-corrected chi connectivity index (χ4v) is 6.52. The molecule has 1 amide bonds. The third kappa shape index (κ3) is 6.52. The van der Waals surface area contributed by atoms with Gasteiger partial charge < -0.3 is 15.0 Å². The lowest BCUT2D eigenvalue weighted by Gasteiger charge is -2.34. The lowest BCUT2D eigenvalue weighted by Crippen LogP contribution is -2.48. The number of nitrogens with one attached hydrogen (secondary N) is 2. The van der Waals surface area contributed by atoms with E-state index >= 15 is 0 Å². The Morgan fingerprint density at radius 2 is 1.75 bits per heavy atom. The maximum atomic E-state index is 13.1. The quantitative estimate of drug-likeness (QED) is 0.289. The number of benzene rings is 3. The van der Waals surface area contributed by atoms with Crippen LogP contribution in [0, 0.1) is 5.82 Å². The predicted octanol–water partition coefficient (Wildman–Crippen LogP) is 4.19. The molecular formula is C28H30FN5O4S2. The lowest BCUT2D eigenvalue weighted by atomic mass is 10.2. The number of fused-ring (bicyclic) bond motifs is 1. The molecule has 3 aromatic carbocycles. The first kappa shape index (κ1) is 27.8. The number of sulfonamides is 1.